The summed E-state index contributed by atoms with van der Waals surface area (Å²) in [5, 5.41) is 11.6. The van der Waals surface area contributed by atoms with Crippen molar-refractivity contribution in [2.75, 3.05) is 19.7 Å². The molecule has 0 aliphatic carbocycles. The second kappa shape index (κ2) is 6.99. The highest BCUT2D eigenvalue weighted by atomic mass is 16.3. The molecule has 0 aliphatic rings. The summed E-state index contributed by atoms with van der Waals surface area (Å²) >= 11 is 0. The van der Waals surface area contributed by atoms with Crippen LogP contribution in [0.4, 0.5) is 0 Å². The van der Waals surface area contributed by atoms with Gasteiger partial charge in [0, 0.05) is 19.2 Å². The third kappa shape index (κ3) is 6.01. The van der Waals surface area contributed by atoms with Gasteiger partial charge in [0.25, 0.3) is 0 Å². The van der Waals surface area contributed by atoms with E-state index in [9.17, 15) is 0 Å². The Morgan fingerprint density at radius 1 is 1.60 bits per heavy atom. The van der Waals surface area contributed by atoms with Crippen LogP contribution in [0.3, 0.4) is 0 Å². The third-order valence-electron chi connectivity index (χ3n) is 1.44. The highest BCUT2D eigenvalue weighted by molar-refractivity contribution is 4.61. The number of rotatable bonds is 6. The summed E-state index contributed by atoms with van der Waals surface area (Å²) in [4.78, 5) is 0. The largest absolute Gasteiger partial charge is 0.396 e. The molecule has 1 atom stereocenters. The van der Waals surface area contributed by atoms with Crippen LogP contribution in [0.1, 0.15) is 19.8 Å². The first-order valence-corrected chi connectivity index (χ1v) is 3.88. The van der Waals surface area contributed by atoms with E-state index in [1.807, 2.05) is 0 Å². The van der Waals surface area contributed by atoms with Gasteiger partial charge in [0.1, 0.15) is 0 Å². The first kappa shape index (κ1) is 9.88. The summed E-state index contributed by atoms with van der Waals surface area (Å²) in [7, 11) is 0. The Hall–Kier alpha value is -0.120. The van der Waals surface area contributed by atoms with E-state index in [1.54, 1.807) is 0 Å². The van der Waals surface area contributed by atoms with Gasteiger partial charge in [0.15, 0.2) is 0 Å². The molecule has 0 spiro atoms. The lowest BCUT2D eigenvalue weighted by Crippen LogP contribution is -2.33. The van der Waals surface area contributed by atoms with Crippen LogP contribution in [0, 0.1) is 0 Å². The third-order valence-corrected chi connectivity index (χ3v) is 1.44. The minimum Gasteiger partial charge on any atom is -0.396 e. The van der Waals surface area contributed by atoms with Crippen molar-refractivity contribution in [3.63, 3.8) is 0 Å². The number of hydrogen-bond acceptors (Lipinski definition) is 3. The predicted octanol–water partition coefficient (Wildman–Crippen LogP) is -0.304. The van der Waals surface area contributed by atoms with Crippen LogP contribution < -0.4 is 11.1 Å². The Kier molecular flexibility index (Phi) is 6.91. The molecular weight excluding hydrogens is 128 g/mol. The zero-order chi connectivity index (χ0) is 7.82. The second-order valence-corrected chi connectivity index (χ2v) is 2.45. The van der Waals surface area contributed by atoms with E-state index >= 15 is 0 Å². The predicted molar refractivity (Wildman–Crippen MR) is 42.8 cm³/mol. The Morgan fingerprint density at radius 3 is 2.80 bits per heavy atom. The molecule has 1 unspecified atom stereocenters. The molecule has 62 valence electrons. The molecule has 0 bridgehead atoms. The van der Waals surface area contributed by atoms with Crippen LogP contribution in [-0.2, 0) is 0 Å². The van der Waals surface area contributed by atoms with Gasteiger partial charge in [0.05, 0.1) is 0 Å². The summed E-state index contributed by atoms with van der Waals surface area (Å²) in [6.45, 7) is 4.05. The fraction of sp³-hybridized carbons (Fsp3) is 1.00. The van der Waals surface area contributed by atoms with Gasteiger partial charge >= 0.3 is 0 Å². The molecule has 0 aromatic rings. The Balaban J connectivity index is 2.89. The summed E-state index contributed by atoms with van der Waals surface area (Å²) < 4.78 is 0. The number of nitrogens with two attached hydrogens (primary N) is 1. The van der Waals surface area contributed by atoms with Crippen molar-refractivity contribution in [1.29, 1.82) is 0 Å². The van der Waals surface area contributed by atoms with Crippen LogP contribution in [-0.4, -0.2) is 30.8 Å². The normalized spacial score (nSPS) is 13.5. The smallest absolute Gasteiger partial charge is 0.0443 e. The maximum Gasteiger partial charge on any atom is 0.0443 e. The van der Waals surface area contributed by atoms with Crippen LogP contribution in [0.15, 0.2) is 0 Å². The van der Waals surface area contributed by atoms with E-state index in [0.29, 0.717) is 0 Å². The minimum absolute atomic E-state index is 0.258. The van der Waals surface area contributed by atoms with Crippen LogP contribution in [0.5, 0.6) is 0 Å². The molecule has 10 heavy (non-hydrogen) atoms. The molecule has 3 nitrogen and oxygen atoms in total. The molecule has 0 saturated heterocycles. The average Bonchev–Trinajstić information content (AvgIpc) is 1.98. The van der Waals surface area contributed by atoms with Crippen molar-refractivity contribution in [3.8, 4) is 0 Å². The van der Waals surface area contributed by atoms with E-state index in [0.717, 1.165) is 25.9 Å². The lowest BCUT2D eigenvalue weighted by molar-refractivity contribution is 0.285. The SMILES string of the molecule is CCC(N)CNCCCO. The molecule has 4 N–H and O–H groups in total. The molecule has 0 aromatic carbocycles. The molecule has 0 heterocycles. The zero-order valence-corrected chi connectivity index (χ0v) is 6.64. The molecule has 3 heteroatoms. The second-order valence-electron chi connectivity index (χ2n) is 2.45. The van der Waals surface area contributed by atoms with Crippen LogP contribution in [0.25, 0.3) is 0 Å². The lowest BCUT2D eigenvalue weighted by Gasteiger charge is -2.08. The number of hydrogen-bond donors (Lipinski definition) is 3. The zero-order valence-electron chi connectivity index (χ0n) is 6.64. The molecule has 0 aromatic heterocycles. The van der Waals surface area contributed by atoms with E-state index in [-0.39, 0.29) is 12.6 Å². The van der Waals surface area contributed by atoms with Crippen molar-refractivity contribution in [3.05, 3.63) is 0 Å². The maximum absolute atomic E-state index is 8.42. The van der Waals surface area contributed by atoms with Crippen LogP contribution >= 0.6 is 0 Å². The highest BCUT2D eigenvalue weighted by Crippen LogP contribution is 1.82. The summed E-state index contributed by atoms with van der Waals surface area (Å²) in [6.07, 6.45) is 1.82. The van der Waals surface area contributed by atoms with E-state index in [2.05, 4.69) is 12.2 Å². The van der Waals surface area contributed by atoms with Gasteiger partial charge in [-0.2, -0.15) is 0 Å². The van der Waals surface area contributed by atoms with Crippen molar-refractivity contribution in [2.24, 2.45) is 5.73 Å². The first-order valence-electron chi connectivity index (χ1n) is 3.88. The van der Waals surface area contributed by atoms with Crippen molar-refractivity contribution in [2.45, 2.75) is 25.8 Å². The van der Waals surface area contributed by atoms with Gasteiger partial charge in [-0.1, -0.05) is 6.92 Å². The molecule has 0 aliphatic heterocycles. The van der Waals surface area contributed by atoms with Gasteiger partial charge in [-0.3, -0.25) is 0 Å². The van der Waals surface area contributed by atoms with E-state index in [1.165, 1.54) is 0 Å². The molecule has 0 amide bonds. The Bertz CT molecular complexity index is 68.6. The monoisotopic (exact) mass is 146 g/mol. The lowest BCUT2D eigenvalue weighted by atomic mass is 10.2. The standard InChI is InChI=1S/C7H18N2O/c1-2-7(8)6-9-4-3-5-10/h7,9-10H,2-6,8H2,1H3. The van der Waals surface area contributed by atoms with Gasteiger partial charge in [-0.25, -0.2) is 0 Å². The van der Waals surface area contributed by atoms with Crippen molar-refractivity contribution in [1.82, 2.24) is 5.32 Å². The fourth-order valence-corrected chi connectivity index (χ4v) is 0.636. The quantitative estimate of drug-likeness (QED) is 0.451. The number of aliphatic hydroxyl groups is 1. The van der Waals surface area contributed by atoms with Gasteiger partial charge < -0.3 is 16.2 Å². The van der Waals surface area contributed by atoms with Gasteiger partial charge in [0.2, 0.25) is 0 Å². The van der Waals surface area contributed by atoms with Gasteiger partial charge in [-0.05, 0) is 19.4 Å². The average molecular weight is 146 g/mol. The molecule has 0 saturated carbocycles. The number of aliphatic hydroxyl groups excluding tert-OH is 1. The van der Waals surface area contributed by atoms with Crippen molar-refractivity contribution >= 4 is 0 Å². The summed E-state index contributed by atoms with van der Waals surface area (Å²) in [5.74, 6) is 0. The first-order chi connectivity index (χ1) is 4.81. The maximum atomic E-state index is 8.42. The molecule has 0 rings (SSSR count). The van der Waals surface area contributed by atoms with E-state index < -0.39 is 0 Å². The number of nitrogens with one attached hydrogen (secondary N) is 1. The Morgan fingerprint density at radius 2 is 2.30 bits per heavy atom. The topological polar surface area (TPSA) is 58.3 Å². The summed E-state index contributed by atoms with van der Waals surface area (Å²) in [6, 6.07) is 0.263. The highest BCUT2D eigenvalue weighted by Gasteiger charge is 1.95. The molecule has 0 fully saturated rings. The summed E-state index contributed by atoms with van der Waals surface area (Å²) in [5.41, 5.74) is 5.63. The van der Waals surface area contributed by atoms with Gasteiger partial charge in [-0.15, -0.1) is 0 Å². The van der Waals surface area contributed by atoms with Crippen LogP contribution in [0.2, 0.25) is 0 Å². The molecular formula is C7H18N2O. The minimum atomic E-state index is 0.258. The van der Waals surface area contributed by atoms with Crippen molar-refractivity contribution < 1.29 is 5.11 Å². The molecule has 0 radical (unpaired) electrons. The van der Waals surface area contributed by atoms with E-state index in [4.69, 9.17) is 10.8 Å². The Labute approximate surface area is 62.6 Å². The fourth-order valence-electron chi connectivity index (χ4n) is 0.636.